The molecule has 1 rings (SSSR count). The zero-order valence-corrected chi connectivity index (χ0v) is 11.5. The lowest BCUT2D eigenvalue weighted by Crippen LogP contribution is -2.37. The van der Waals surface area contributed by atoms with Gasteiger partial charge in [0.1, 0.15) is 11.6 Å². The summed E-state index contributed by atoms with van der Waals surface area (Å²) in [7, 11) is 0. The molecule has 100 valence electrons. The van der Waals surface area contributed by atoms with Crippen molar-refractivity contribution in [2.24, 2.45) is 10.7 Å². The Bertz CT molecular complexity index is 393. The van der Waals surface area contributed by atoms with Gasteiger partial charge in [-0.1, -0.05) is 11.6 Å². The molecule has 1 aromatic rings. The molecule has 0 atom stereocenters. The van der Waals surface area contributed by atoms with Crippen LogP contribution in [-0.4, -0.2) is 42.1 Å². The fourth-order valence-corrected chi connectivity index (χ4v) is 1.60. The third kappa shape index (κ3) is 4.41. The van der Waals surface area contributed by atoms with Crippen molar-refractivity contribution in [1.82, 2.24) is 9.88 Å². The van der Waals surface area contributed by atoms with Crippen LogP contribution >= 0.6 is 11.6 Å². The first-order chi connectivity index (χ1) is 8.69. The molecule has 0 fully saturated rings. The molecule has 0 saturated carbocycles. The SMILES string of the molecule is CCN(CC)C(N)=NCCOc1ncccc1Cl. The highest BCUT2D eigenvalue weighted by Gasteiger charge is 2.02. The van der Waals surface area contributed by atoms with Crippen LogP contribution in [0.3, 0.4) is 0 Å². The van der Waals surface area contributed by atoms with Gasteiger partial charge < -0.3 is 15.4 Å². The number of aliphatic imine (C=N–C) groups is 1. The van der Waals surface area contributed by atoms with E-state index in [9.17, 15) is 0 Å². The van der Waals surface area contributed by atoms with Gasteiger partial charge in [-0.05, 0) is 26.0 Å². The van der Waals surface area contributed by atoms with Gasteiger partial charge in [0, 0.05) is 19.3 Å². The predicted octanol–water partition coefficient (Wildman–Crippen LogP) is 1.77. The molecule has 6 heteroatoms. The van der Waals surface area contributed by atoms with Crippen molar-refractivity contribution < 1.29 is 4.74 Å². The summed E-state index contributed by atoms with van der Waals surface area (Å²) >= 11 is 5.90. The molecule has 0 aromatic carbocycles. The van der Waals surface area contributed by atoms with Gasteiger partial charge in [0.05, 0.1) is 6.54 Å². The minimum absolute atomic E-state index is 0.401. The van der Waals surface area contributed by atoms with Gasteiger partial charge in [0.2, 0.25) is 5.88 Å². The molecule has 5 nitrogen and oxygen atoms in total. The highest BCUT2D eigenvalue weighted by molar-refractivity contribution is 6.31. The molecule has 0 bridgehead atoms. The number of halogens is 1. The summed E-state index contributed by atoms with van der Waals surface area (Å²) in [6.07, 6.45) is 1.63. The van der Waals surface area contributed by atoms with Crippen molar-refractivity contribution in [3.63, 3.8) is 0 Å². The molecule has 0 spiro atoms. The van der Waals surface area contributed by atoms with Gasteiger partial charge in [-0.15, -0.1) is 0 Å². The van der Waals surface area contributed by atoms with Gasteiger partial charge in [-0.3, -0.25) is 0 Å². The third-order valence-electron chi connectivity index (χ3n) is 2.42. The second kappa shape index (κ2) is 7.76. The minimum Gasteiger partial charge on any atom is -0.475 e. The molecule has 0 aliphatic rings. The maximum Gasteiger partial charge on any atom is 0.232 e. The topological polar surface area (TPSA) is 63.7 Å². The van der Waals surface area contributed by atoms with Crippen LogP contribution in [0.1, 0.15) is 13.8 Å². The van der Waals surface area contributed by atoms with Gasteiger partial charge in [-0.2, -0.15) is 0 Å². The van der Waals surface area contributed by atoms with E-state index < -0.39 is 0 Å². The lowest BCUT2D eigenvalue weighted by Gasteiger charge is -2.19. The number of pyridine rings is 1. The van der Waals surface area contributed by atoms with Crippen molar-refractivity contribution in [3.8, 4) is 5.88 Å². The summed E-state index contributed by atoms with van der Waals surface area (Å²) in [6.45, 7) is 6.65. The molecule has 0 radical (unpaired) electrons. The van der Waals surface area contributed by atoms with E-state index in [0.717, 1.165) is 13.1 Å². The number of hydrogen-bond donors (Lipinski definition) is 1. The van der Waals surface area contributed by atoms with Gasteiger partial charge in [-0.25, -0.2) is 9.98 Å². The fourth-order valence-electron chi connectivity index (χ4n) is 1.43. The van der Waals surface area contributed by atoms with Crippen LogP contribution in [0.25, 0.3) is 0 Å². The first-order valence-electron chi connectivity index (χ1n) is 5.97. The Morgan fingerprint density at radius 3 is 2.83 bits per heavy atom. The van der Waals surface area contributed by atoms with Gasteiger partial charge in [0.25, 0.3) is 0 Å². The van der Waals surface area contributed by atoms with Crippen molar-refractivity contribution >= 4 is 17.6 Å². The van der Waals surface area contributed by atoms with Crippen molar-refractivity contribution in [2.45, 2.75) is 13.8 Å². The zero-order valence-electron chi connectivity index (χ0n) is 10.8. The largest absolute Gasteiger partial charge is 0.475 e. The second-order valence-corrected chi connectivity index (χ2v) is 3.96. The minimum atomic E-state index is 0.401. The first kappa shape index (κ1) is 14.6. The fraction of sp³-hybridized carbons (Fsp3) is 0.500. The Kier molecular flexibility index (Phi) is 6.28. The molecule has 1 heterocycles. The molecule has 0 aliphatic carbocycles. The third-order valence-corrected chi connectivity index (χ3v) is 2.70. The lowest BCUT2D eigenvalue weighted by atomic mass is 10.5. The van der Waals surface area contributed by atoms with E-state index in [1.54, 1.807) is 18.3 Å². The van der Waals surface area contributed by atoms with Crippen LogP contribution in [0.15, 0.2) is 23.3 Å². The van der Waals surface area contributed by atoms with Crippen molar-refractivity contribution in [1.29, 1.82) is 0 Å². The summed E-state index contributed by atoms with van der Waals surface area (Å²) in [5.74, 6) is 0.964. The highest BCUT2D eigenvalue weighted by Crippen LogP contribution is 2.19. The monoisotopic (exact) mass is 270 g/mol. The summed E-state index contributed by atoms with van der Waals surface area (Å²) in [5, 5.41) is 0.498. The van der Waals surface area contributed by atoms with E-state index in [1.807, 2.05) is 18.7 Å². The molecular weight excluding hydrogens is 252 g/mol. The first-order valence-corrected chi connectivity index (χ1v) is 6.35. The van der Waals surface area contributed by atoms with Crippen LogP contribution < -0.4 is 10.5 Å². The Morgan fingerprint density at radius 2 is 2.22 bits per heavy atom. The molecule has 0 aliphatic heterocycles. The zero-order chi connectivity index (χ0) is 13.4. The number of rotatable bonds is 6. The maximum atomic E-state index is 5.90. The summed E-state index contributed by atoms with van der Waals surface area (Å²) in [5.41, 5.74) is 5.83. The quantitative estimate of drug-likeness (QED) is 0.486. The number of ether oxygens (including phenoxy) is 1. The Labute approximate surface area is 113 Å². The van der Waals surface area contributed by atoms with E-state index in [-0.39, 0.29) is 0 Å². The predicted molar refractivity (Wildman–Crippen MR) is 74.2 cm³/mol. The van der Waals surface area contributed by atoms with Crippen LogP contribution in [-0.2, 0) is 0 Å². The van der Waals surface area contributed by atoms with E-state index in [1.165, 1.54) is 0 Å². The van der Waals surface area contributed by atoms with Gasteiger partial charge >= 0.3 is 0 Å². The van der Waals surface area contributed by atoms with E-state index in [0.29, 0.717) is 30.0 Å². The number of nitrogens with zero attached hydrogens (tertiary/aromatic N) is 3. The van der Waals surface area contributed by atoms with Crippen molar-refractivity contribution in [3.05, 3.63) is 23.4 Å². The molecule has 18 heavy (non-hydrogen) atoms. The molecule has 0 saturated heterocycles. The number of guanidine groups is 1. The number of aromatic nitrogens is 1. The normalized spacial score (nSPS) is 11.4. The second-order valence-electron chi connectivity index (χ2n) is 3.55. The van der Waals surface area contributed by atoms with E-state index in [2.05, 4.69) is 9.98 Å². The number of hydrogen-bond acceptors (Lipinski definition) is 3. The molecule has 0 unspecified atom stereocenters. The standard InChI is InChI=1S/C12H19ClN4O/c1-3-17(4-2)12(14)16-8-9-18-11-10(13)6-5-7-15-11/h5-7H,3-4,8-9H2,1-2H3,(H2,14,16). The smallest absolute Gasteiger partial charge is 0.232 e. The number of nitrogens with two attached hydrogens (primary N) is 1. The maximum absolute atomic E-state index is 5.90. The Hall–Kier alpha value is -1.49. The summed E-state index contributed by atoms with van der Waals surface area (Å²) in [4.78, 5) is 10.2. The molecule has 2 N–H and O–H groups in total. The average molecular weight is 271 g/mol. The van der Waals surface area contributed by atoms with Crippen LogP contribution in [0.4, 0.5) is 0 Å². The van der Waals surface area contributed by atoms with Crippen LogP contribution in [0.2, 0.25) is 5.02 Å². The van der Waals surface area contributed by atoms with E-state index >= 15 is 0 Å². The summed E-state index contributed by atoms with van der Waals surface area (Å²) < 4.78 is 5.41. The molecule has 0 amide bonds. The van der Waals surface area contributed by atoms with Gasteiger partial charge in [0.15, 0.2) is 5.96 Å². The highest BCUT2D eigenvalue weighted by atomic mass is 35.5. The molecular formula is C12H19ClN4O. The van der Waals surface area contributed by atoms with E-state index in [4.69, 9.17) is 22.1 Å². The average Bonchev–Trinajstić information content (AvgIpc) is 2.38. The Morgan fingerprint density at radius 1 is 1.50 bits per heavy atom. The lowest BCUT2D eigenvalue weighted by molar-refractivity contribution is 0.315. The summed E-state index contributed by atoms with van der Waals surface area (Å²) in [6, 6.07) is 3.49. The van der Waals surface area contributed by atoms with Crippen molar-refractivity contribution in [2.75, 3.05) is 26.2 Å². The van der Waals surface area contributed by atoms with Crippen LogP contribution in [0.5, 0.6) is 5.88 Å². The van der Waals surface area contributed by atoms with Crippen LogP contribution in [0, 0.1) is 0 Å². The molecule has 1 aromatic heterocycles. The Balaban J connectivity index is 2.39.